The molecular weight excluding hydrogens is 300 g/mol. The monoisotopic (exact) mass is 320 g/mol. The van der Waals surface area contributed by atoms with E-state index < -0.39 is 0 Å². The largest absolute Gasteiger partial charge is 0.349 e. The summed E-state index contributed by atoms with van der Waals surface area (Å²) in [4.78, 5) is 16.3. The number of rotatable bonds is 6. The number of carbonyl (C=O) groups is 1. The van der Waals surface area contributed by atoms with E-state index >= 15 is 0 Å². The number of carbonyl (C=O) groups excluding carboxylic acids is 1. The summed E-state index contributed by atoms with van der Waals surface area (Å²) in [6, 6.07) is 8.43. The van der Waals surface area contributed by atoms with Crippen LogP contribution in [0.15, 0.2) is 34.0 Å². The van der Waals surface area contributed by atoms with E-state index in [1.165, 1.54) is 17.3 Å². The fraction of sp³-hybridized carbons (Fsp3) is 0.375. The normalized spacial score (nSPS) is 12.1. The van der Waals surface area contributed by atoms with Crippen molar-refractivity contribution in [2.75, 3.05) is 5.75 Å². The van der Waals surface area contributed by atoms with Gasteiger partial charge in [-0.1, -0.05) is 43.0 Å². The molecule has 1 aromatic carbocycles. The number of aryl methyl sites for hydroxylation is 2. The molecular formula is C16H20N2OS2. The summed E-state index contributed by atoms with van der Waals surface area (Å²) in [7, 11) is 0. The topological polar surface area (TPSA) is 42.0 Å². The highest BCUT2D eigenvalue weighted by molar-refractivity contribution is 8.01. The van der Waals surface area contributed by atoms with Crippen molar-refractivity contribution in [3.63, 3.8) is 0 Å². The molecule has 0 bridgehead atoms. The molecule has 2 rings (SSSR count). The van der Waals surface area contributed by atoms with Gasteiger partial charge in [0.05, 0.1) is 11.8 Å². The Labute approximate surface area is 134 Å². The van der Waals surface area contributed by atoms with Gasteiger partial charge in [0.25, 0.3) is 0 Å². The number of nitrogens with one attached hydrogen (secondary N) is 1. The van der Waals surface area contributed by atoms with Crippen LogP contribution in [-0.2, 0) is 11.2 Å². The van der Waals surface area contributed by atoms with Gasteiger partial charge in [0, 0.05) is 11.1 Å². The second kappa shape index (κ2) is 7.61. The summed E-state index contributed by atoms with van der Waals surface area (Å²) >= 11 is 3.07. The van der Waals surface area contributed by atoms with Crippen molar-refractivity contribution < 1.29 is 4.79 Å². The summed E-state index contributed by atoms with van der Waals surface area (Å²) in [5.74, 6) is 0.449. The first-order chi connectivity index (χ1) is 10.1. The number of thiazole rings is 1. The first kappa shape index (κ1) is 16.0. The van der Waals surface area contributed by atoms with Gasteiger partial charge in [0.2, 0.25) is 5.91 Å². The summed E-state index contributed by atoms with van der Waals surface area (Å²) in [6.07, 6.45) is 1.03. The van der Waals surface area contributed by atoms with Gasteiger partial charge in [0.1, 0.15) is 0 Å². The predicted molar refractivity (Wildman–Crippen MR) is 90.0 cm³/mol. The van der Waals surface area contributed by atoms with E-state index in [0.717, 1.165) is 22.0 Å². The van der Waals surface area contributed by atoms with Crippen LogP contribution >= 0.6 is 23.1 Å². The van der Waals surface area contributed by atoms with Crippen LogP contribution in [0.3, 0.4) is 0 Å². The molecule has 112 valence electrons. The van der Waals surface area contributed by atoms with Crippen LogP contribution in [0.5, 0.6) is 0 Å². The molecule has 0 fully saturated rings. The lowest BCUT2D eigenvalue weighted by Crippen LogP contribution is -2.28. The van der Waals surface area contributed by atoms with Gasteiger partial charge in [-0.05, 0) is 31.4 Å². The number of thioether (sulfide) groups is 1. The molecule has 0 saturated carbocycles. The molecule has 3 nitrogen and oxygen atoms in total. The third-order valence-corrected chi connectivity index (χ3v) is 5.33. The molecule has 5 heteroatoms. The molecule has 0 spiro atoms. The highest BCUT2D eigenvalue weighted by Gasteiger charge is 2.10. The summed E-state index contributed by atoms with van der Waals surface area (Å²) in [5, 5.41) is 5.03. The van der Waals surface area contributed by atoms with E-state index in [1.54, 1.807) is 11.3 Å². The van der Waals surface area contributed by atoms with Gasteiger partial charge in [-0.3, -0.25) is 4.79 Å². The molecule has 0 saturated heterocycles. The van der Waals surface area contributed by atoms with Crippen molar-refractivity contribution in [3.8, 4) is 0 Å². The van der Waals surface area contributed by atoms with Gasteiger partial charge in [0.15, 0.2) is 4.34 Å². The van der Waals surface area contributed by atoms with Gasteiger partial charge in [-0.2, -0.15) is 0 Å². The van der Waals surface area contributed by atoms with Crippen LogP contribution in [-0.4, -0.2) is 16.6 Å². The van der Waals surface area contributed by atoms with Crippen LogP contribution < -0.4 is 5.32 Å². The molecule has 1 aromatic heterocycles. The Morgan fingerprint density at radius 2 is 2.10 bits per heavy atom. The van der Waals surface area contributed by atoms with Crippen molar-refractivity contribution in [1.29, 1.82) is 0 Å². The molecule has 1 N–H and O–H groups in total. The molecule has 0 aliphatic carbocycles. The number of nitrogens with zero attached hydrogens (tertiary/aromatic N) is 1. The quantitative estimate of drug-likeness (QED) is 0.819. The fourth-order valence-corrected chi connectivity index (χ4v) is 3.59. The average Bonchev–Trinajstić information content (AvgIpc) is 2.91. The number of benzene rings is 1. The van der Waals surface area contributed by atoms with E-state index in [-0.39, 0.29) is 11.9 Å². The maximum Gasteiger partial charge on any atom is 0.230 e. The van der Waals surface area contributed by atoms with E-state index in [2.05, 4.69) is 41.5 Å². The zero-order valence-corrected chi connectivity index (χ0v) is 14.2. The van der Waals surface area contributed by atoms with Crippen LogP contribution in [0, 0.1) is 6.92 Å². The minimum Gasteiger partial charge on any atom is -0.349 e. The van der Waals surface area contributed by atoms with E-state index in [9.17, 15) is 4.79 Å². The molecule has 0 aliphatic heterocycles. The Morgan fingerprint density at radius 3 is 2.67 bits per heavy atom. The standard InChI is InChI=1S/C16H20N2OS2/c1-4-13-5-7-14(8-6-13)12(3)18-15(19)10-21-16-17-11(2)9-20-16/h5-9,12H,4,10H2,1-3H3,(H,18,19)/t12-/m1/s1. The summed E-state index contributed by atoms with van der Waals surface area (Å²) in [5.41, 5.74) is 3.45. The highest BCUT2D eigenvalue weighted by Crippen LogP contribution is 2.22. The Morgan fingerprint density at radius 1 is 1.38 bits per heavy atom. The van der Waals surface area contributed by atoms with Crippen molar-refractivity contribution in [2.45, 2.75) is 37.6 Å². The lowest BCUT2D eigenvalue weighted by Gasteiger charge is -2.14. The molecule has 0 radical (unpaired) electrons. The van der Waals surface area contributed by atoms with E-state index in [0.29, 0.717) is 5.75 Å². The van der Waals surface area contributed by atoms with Crippen molar-refractivity contribution in [2.24, 2.45) is 0 Å². The first-order valence-corrected chi connectivity index (χ1v) is 8.88. The molecule has 21 heavy (non-hydrogen) atoms. The van der Waals surface area contributed by atoms with Crippen LogP contribution in [0.1, 0.15) is 36.7 Å². The number of aromatic nitrogens is 1. The molecule has 0 unspecified atom stereocenters. The van der Waals surface area contributed by atoms with E-state index in [1.807, 2.05) is 19.2 Å². The zero-order chi connectivity index (χ0) is 15.2. The van der Waals surface area contributed by atoms with E-state index in [4.69, 9.17) is 0 Å². The van der Waals surface area contributed by atoms with Crippen LogP contribution in [0.4, 0.5) is 0 Å². The second-order valence-corrected chi connectivity index (χ2v) is 7.01. The van der Waals surface area contributed by atoms with Gasteiger partial charge in [-0.25, -0.2) is 4.98 Å². The van der Waals surface area contributed by atoms with Gasteiger partial charge >= 0.3 is 0 Å². The number of amides is 1. The molecule has 1 amide bonds. The highest BCUT2D eigenvalue weighted by atomic mass is 32.2. The first-order valence-electron chi connectivity index (χ1n) is 7.01. The maximum absolute atomic E-state index is 12.0. The maximum atomic E-state index is 12.0. The minimum atomic E-state index is 0.0297. The lowest BCUT2D eigenvalue weighted by atomic mass is 10.1. The SMILES string of the molecule is CCc1ccc([C@@H](C)NC(=O)CSc2nc(C)cs2)cc1. The van der Waals surface area contributed by atoms with Gasteiger partial charge < -0.3 is 5.32 Å². The third kappa shape index (κ3) is 4.86. The third-order valence-electron chi connectivity index (χ3n) is 3.19. The van der Waals surface area contributed by atoms with Crippen molar-refractivity contribution >= 4 is 29.0 Å². The molecule has 1 heterocycles. The number of hydrogen-bond acceptors (Lipinski definition) is 4. The zero-order valence-electron chi connectivity index (χ0n) is 12.6. The molecule has 2 aromatic rings. The molecule has 1 atom stereocenters. The fourth-order valence-electron chi connectivity index (χ4n) is 1.93. The van der Waals surface area contributed by atoms with Crippen molar-refractivity contribution in [1.82, 2.24) is 10.3 Å². The lowest BCUT2D eigenvalue weighted by molar-refractivity contribution is -0.119. The number of hydrogen-bond donors (Lipinski definition) is 1. The van der Waals surface area contributed by atoms with Crippen LogP contribution in [0.2, 0.25) is 0 Å². The van der Waals surface area contributed by atoms with Crippen LogP contribution in [0.25, 0.3) is 0 Å². The Bertz CT molecular complexity index is 593. The molecule has 0 aliphatic rings. The minimum absolute atomic E-state index is 0.0297. The average molecular weight is 320 g/mol. The Balaban J connectivity index is 1.83. The smallest absolute Gasteiger partial charge is 0.230 e. The summed E-state index contributed by atoms with van der Waals surface area (Å²) < 4.78 is 0.947. The second-order valence-electron chi connectivity index (χ2n) is 4.93. The van der Waals surface area contributed by atoms with Gasteiger partial charge in [-0.15, -0.1) is 11.3 Å². The predicted octanol–water partition coefficient (Wildman–Crippen LogP) is 3.98. The van der Waals surface area contributed by atoms with Crippen molar-refractivity contribution in [3.05, 3.63) is 46.5 Å². The summed E-state index contributed by atoms with van der Waals surface area (Å²) in [6.45, 7) is 6.11. The Hall–Kier alpha value is -1.33. The Kier molecular flexibility index (Phi) is 5.82.